The highest BCUT2D eigenvalue weighted by Gasteiger charge is 2.26. The van der Waals surface area contributed by atoms with Crippen LogP contribution in [0.5, 0.6) is 0 Å². The number of halogens is 3. The van der Waals surface area contributed by atoms with Crippen LogP contribution < -0.4 is 5.73 Å². The molecule has 2 unspecified atom stereocenters. The van der Waals surface area contributed by atoms with Crippen molar-refractivity contribution in [2.75, 3.05) is 6.61 Å². The summed E-state index contributed by atoms with van der Waals surface area (Å²) in [6.07, 6.45) is 0.994. The van der Waals surface area contributed by atoms with Crippen molar-refractivity contribution < 1.29 is 17.9 Å². The fraction of sp³-hybridized carbons (Fsp3) is 0.455. The molecule has 2 atom stereocenters. The van der Waals surface area contributed by atoms with Crippen molar-refractivity contribution in [2.24, 2.45) is 5.73 Å². The van der Waals surface area contributed by atoms with E-state index in [1.807, 2.05) is 0 Å². The van der Waals surface area contributed by atoms with Crippen LogP contribution in [0.2, 0.25) is 0 Å². The minimum Gasteiger partial charge on any atom is -0.372 e. The Morgan fingerprint density at radius 3 is 2.38 bits per heavy atom. The normalized spacial score (nSPS) is 25.8. The Morgan fingerprint density at radius 1 is 1.19 bits per heavy atom. The second-order valence-electron chi connectivity index (χ2n) is 3.90. The Morgan fingerprint density at radius 2 is 1.81 bits per heavy atom. The van der Waals surface area contributed by atoms with Crippen molar-refractivity contribution in [1.82, 2.24) is 0 Å². The van der Waals surface area contributed by atoms with Gasteiger partial charge in [0.1, 0.15) is 0 Å². The van der Waals surface area contributed by atoms with E-state index in [4.69, 9.17) is 10.5 Å². The van der Waals surface area contributed by atoms with Gasteiger partial charge in [-0.2, -0.15) is 0 Å². The highest BCUT2D eigenvalue weighted by Crippen LogP contribution is 2.28. The summed E-state index contributed by atoms with van der Waals surface area (Å²) in [7, 11) is 0. The smallest absolute Gasteiger partial charge is 0.194 e. The predicted molar refractivity (Wildman–Crippen MR) is 52.2 cm³/mol. The Labute approximate surface area is 91.2 Å². The van der Waals surface area contributed by atoms with E-state index in [1.165, 1.54) is 0 Å². The number of hydrogen-bond acceptors (Lipinski definition) is 2. The first-order valence-corrected chi connectivity index (χ1v) is 5.11. The van der Waals surface area contributed by atoms with Gasteiger partial charge in [0.05, 0.1) is 6.10 Å². The van der Waals surface area contributed by atoms with Gasteiger partial charge in [0.15, 0.2) is 17.5 Å². The number of hydrogen-bond donors (Lipinski definition) is 1. The summed E-state index contributed by atoms with van der Waals surface area (Å²) in [5.41, 5.74) is 6.04. The molecule has 0 radical (unpaired) electrons. The number of rotatable bonds is 1. The Hall–Kier alpha value is -1.07. The quantitative estimate of drug-likeness (QED) is 0.752. The molecule has 1 aromatic rings. The molecule has 2 nitrogen and oxygen atoms in total. The van der Waals surface area contributed by atoms with Gasteiger partial charge in [-0.15, -0.1) is 0 Å². The maximum Gasteiger partial charge on any atom is 0.194 e. The molecule has 1 aliphatic rings. The van der Waals surface area contributed by atoms with E-state index in [0.717, 1.165) is 25.0 Å². The van der Waals surface area contributed by atoms with Gasteiger partial charge < -0.3 is 10.5 Å². The van der Waals surface area contributed by atoms with Crippen LogP contribution in [0, 0.1) is 17.5 Å². The minimum absolute atomic E-state index is 0.253. The molecule has 88 valence electrons. The summed E-state index contributed by atoms with van der Waals surface area (Å²) in [5.74, 6) is -3.89. The first-order chi connectivity index (χ1) is 7.59. The van der Waals surface area contributed by atoms with Gasteiger partial charge in [0.25, 0.3) is 0 Å². The third-order valence-electron chi connectivity index (χ3n) is 2.70. The van der Waals surface area contributed by atoms with Crippen molar-refractivity contribution >= 4 is 0 Å². The van der Waals surface area contributed by atoms with E-state index in [9.17, 15) is 13.2 Å². The van der Waals surface area contributed by atoms with Gasteiger partial charge in [-0.3, -0.25) is 0 Å². The molecule has 1 fully saturated rings. The summed E-state index contributed by atoms with van der Waals surface area (Å²) in [6.45, 7) is 0.499. The van der Waals surface area contributed by atoms with Crippen LogP contribution in [0.3, 0.4) is 0 Å². The fourth-order valence-corrected chi connectivity index (χ4v) is 1.89. The Balaban J connectivity index is 2.32. The van der Waals surface area contributed by atoms with Crippen LogP contribution in [-0.4, -0.2) is 12.6 Å². The van der Waals surface area contributed by atoms with Crippen molar-refractivity contribution in [1.29, 1.82) is 0 Å². The van der Waals surface area contributed by atoms with Crippen LogP contribution in [0.1, 0.15) is 24.5 Å². The molecule has 1 heterocycles. The zero-order chi connectivity index (χ0) is 11.7. The average Bonchev–Trinajstić information content (AvgIpc) is 2.26. The molecule has 0 amide bonds. The third kappa shape index (κ3) is 2.05. The van der Waals surface area contributed by atoms with Gasteiger partial charge >= 0.3 is 0 Å². The van der Waals surface area contributed by atoms with E-state index in [1.54, 1.807) is 0 Å². The molecule has 0 spiro atoms. The van der Waals surface area contributed by atoms with Gasteiger partial charge in [-0.1, -0.05) is 0 Å². The number of benzene rings is 1. The molecule has 0 aliphatic carbocycles. The third-order valence-corrected chi connectivity index (χ3v) is 2.70. The first-order valence-electron chi connectivity index (χ1n) is 5.11. The summed E-state index contributed by atoms with van der Waals surface area (Å²) in [6, 6.07) is 1.57. The van der Waals surface area contributed by atoms with Gasteiger partial charge in [0.2, 0.25) is 0 Å². The van der Waals surface area contributed by atoms with E-state index in [0.29, 0.717) is 6.61 Å². The summed E-state index contributed by atoms with van der Waals surface area (Å²) >= 11 is 0. The topological polar surface area (TPSA) is 35.2 Å². The van der Waals surface area contributed by atoms with E-state index >= 15 is 0 Å². The zero-order valence-electron chi connectivity index (χ0n) is 8.55. The maximum absolute atomic E-state index is 13.0. The van der Waals surface area contributed by atoms with Crippen LogP contribution in [0.15, 0.2) is 12.1 Å². The molecule has 2 rings (SSSR count). The van der Waals surface area contributed by atoms with E-state index < -0.39 is 23.6 Å². The molecule has 5 heteroatoms. The number of ether oxygens (including phenoxy) is 1. The number of nitrogens with two attached hydrogens (primary N) is 1. The summed E-state index contributed by atoms with van der Waals surface area (Å²) in [4.78, 5) is 0. The monoisotopic (exact) mass is 231 g/mol. The largest absolute Gasteiger partial charge is 0.372 e. The summed E-state index contributed by atoms with van der Waals surface area (Å²) < 4.78 is 44.1. The van der Waals surface area contributed by atoms with Crippen molar-refractivity contribution in [3.05, 3.63) is 35.1 Å². The SMILES string of the molecule is NC1CCCOC1c1cc(F)c(F)c(F)c1. The maximum atomic E-state index is 13.0. The van der Waals surface area contributed by atoms with Gasteiger partial charge in [-0.25, -0.2) is 13.2 Å². The average molecular weight is 231 g/mol. The van der Waals surface area contributed by atoms with Gasteiger partial charge in [-0.05, 0) is 30.5 Å². The second kappa shape index (κ2) is 4.43. The molecule has 1 aromatic carbocycles. The molecule has 2 N–H and O–H groups in total. The molecule has 0 aromatic heterocycles. The minimum atomic E-state index is -1.46. The predicted octanol–water partition coefficient (Wildman–Crippen LogP) is 2.28. The molecule has 0 saturated carbocycles. The Kier molecular flexibility index (Phi) is 3.16. The molecular formula is C11H12F3NO. The standard InChI is InChI=1S/C11H12F3NO/c12-7-4-6(5-8(13)10(7)14)11-9(15)2-1-3-16-11/h4-5,9,11H,1-3,15H2. The highest BCUT2D eigenvalue weighted by molar-refractivity contribution is 5.23. The fourth-order valence-electron chi connectivity index (χ4n) is 1.89. The van der Waals surface area contributed by atoms with Crippen molar-refractivity contribution in [3.63, 3.8) is 0 Å². The zero-order valence-corrected chi connectivity index (χ0v) is 8.55. The van der Waals surface area contributed by atoms with E-state index in [2.05, 4.69) is 0 Å². The Bertz CT molecular complexity index is 374. The second-order valence-corrected chi connectivity index (χ2v) is 3.90. The lowest BCUT2D eigenvalue weighted by molar-refractivity contribution is -0.000278. The van der Waals surface area contributed by atoms with Crippen molar-refractivity contribution in [2.45, 2.75) is 25.0 Å². The summed E-state index contributed by atoms with van der Waals surface area (Å²) in [5, 5.41) is 0. The lowest BCUT2D eigenvalue weighted by Gasteiger charge is -2.29. The first kappa shape index (κ1) is 11.4. The molecule has 1 aliphatic heterocycles. The lowest BCUT2D eigenvalue weighted by Crippen LogP contribution is -2.34. The lowest BCUT2D eigenvalue weighted by atomic mass is 9.96. The van der Waals surface area contributed by atoms with E-state index in [-0.39, 0.29) is 11.6 Å². The highest BCUT2D eigenvalue weighted by atomic mass is 19.2. The molecular weight excluding hydrogens is 219 g/mol. The molecule has 1 saturated heterocycles. The van der Waals surface area contributed by atoms with Crippen LogP contribution in [-0.2, 0) is 4.74 Å². The van der Waals surface area contributed by atoms with Crippen LogP contribution >= 0.6 is 0 Å². The van der Waals surface area contributed by atoms with Crippen LogP contribution in [0.25, 0.3) is 0 Å². The van der Waals surface area contributed by atoms with Gasteiger partial charge in [0, 0.05) is 12.6 Å². The van der Waals surface area contributed by atoms with Crippen molar-refractivity contribution in [3.8, 4) is 0 Å². The molecule has 16 heavy (non-hydrogen) atoms. The molecule has 0 bridgehead atoms. The van der Waals surface area contributed by atoms with Crippen LogP contribution in [0.4, 0.5) is 13.2 Å².